The fourth-order valence-corrected chi connectivity index (χ4v) is 6.85. The number of thiophene rings is 1. The van der Waals surface area contributed by atoms with Gasteiger partial charge in [0.1, 0.15) is 10.0 Å². The highest BCUT2D eigenvalue weighted by Gasteiger charge is 2.20. The van der Waals surface area contributed by atoms with Gasteiger partial charge in [-0.2, -0.15) is 0 Å². The van der Waals surface area contributed by atoms with Crippen LogP contribution in [-0.2, 0) is 14.8 Å². The van der Waals surface area contributed by atoms with Crippen LogP contribution in [0.25, 0.3) is 16.5 Å². The predicted molar refractivity (Wildman–Crippen MR) is 159 cm³/mol. The highest BCUT2D eigenvalue weighted by atomic mass is 35.5. The van der Waals surface area contributed by atoms with E-state index in [0.717, 1.165) is 68.9 Å². The van der Waals surface area contributed by atoms with E-state index in [1.54, 1.807) is 12.1 Å². The number of halogens is 2. The SMILES string of the molecule is O=C(Nc1ccc(-n2ccc3cc(NCCCN4CCOCC4)ccc3c2=O)c(F)c1)NS(=O)(=O)c1ccc(Cl)s1. The largest absolute Gasteiger partial charge is 0.385 e. The molecule has 0 radical (unpaired) electrons. The van der Waals surface area contributed by atoms with E-state index in [1.165, 1.54) is 35.0 Å². The summed E-state index contributed by atoms with van der Waals surface area (Å²) >= 11 is 6.56. The Kier molecular flexibility index (Phi) is 8.90. The molecule has 1 aliphatic rings. The average molecular weight is 620 g/mol. The molecule has 10 nitrogen and oxygen atoms in total. The van der Waals surface area contributed by atoms with Gasteiger partial charge in [-0.1, -0.05) is 11.6 Å². The van der Waals surface area contributed by atoms with Crippen molar-refractivity contribution < 1.29 is 22.3 Å². The van der Waals surface area contributed by atoms with Gasteiger partial charge in [-0.15, -0.1) is 11.3 Å². The van der Waals surface area contributed by atoms with Crippen molar-refractivity contribution in [3.8, 4) is 5.69 Å². The van der Waals surface area contributed by atoms with Crippen LogP contribution in [-0.4, -0.2) is 63.3 Å². The molecule has 2 amide bonds. The number of morpholine rings is 1. The Morgan fingerprint density at radius 2 is 1.83 bits per heavy atom. The molecule has 216 valence electrons. The van der Waals surface area contributed by atoms with E-state index in [2.05, 4.69) is 15.5 Å². The third kappa shape index (κ3) is 7.05. The topological polar surface area (TPSA) is 122 Å². The van der Waals surface area contributed by atoms with Gasteiger partial charge >= 0.3 is 6.03 Å². The molecule has 0 spiro atoms. The van der Waals surface area contributed by atoms with Crippen molar-refractivity contribution in [1.82, 2.24) is 14.2 Å². The number of anilines is 2. The second-order valence-corrected chi connectivity index (χ2v) is 12.9. The van der Waals surface area contributed by atoms with E-state index in [9.17, 15) is 18.0 Å². The molecule has 2 aromatic heterocycles. The molecule has 1 aliphatic heterocycles. The number of sulfonamides is 1. The lowest BCUT2D eigenvalue weighted by atomic mass is 10.1. The summed E-state index contributed by atoms with van der Waals surface area (Å²) in [5.41, 5.74) is 0.468. The van der Waals surface area contributed by atoms with E-state index in [-0.39, 0.29) is 19.9 Å². The summed E-state index contributed by atoms with van der Waals surface area (Å²) in [4.78, 5) is 27.8. The number of pyridine rings is 1. The minimum absolute atomic E-state index is 0.00124. The number of hydrogen-bond donors (Lipinski definition) is 3. The predicted octanol–water partition coefficient (Wildman–Crippen LogP) is 4.49. The van der Waals surface area contributed by atoms with Crippen LogP contribution in [0.2, 0.25) is 4.34 Å². The summed E-state index contributed by atoms with van der Waals surface area (Å²) in [5, 5.41) is 6.81. The maximum Gasteiger partial charge on any atom is 0.333 e. The van der Waals surface area contributed by atoms with E-state index in [0.29, 0.717) is 10.8 Å². The lowest BCUT2D eigenvalue weighted by Gasteiger charge is -2.26. The van der Waals surface area contributed by atoms with Crippen LogP contribution in [0.5, 0.6) is 0 Å². The molecule has 0 bridgehead atoms. The summed E-state index contributed by atoms with van der Waals surface area (Å²) in [7, 11) is -4.14. The van der Waals surface area contributed by atoms with Crippen molar-refractivity contribution in [1.29, 1.82) is 0 Å². The molecule has 41 heavy (non-hydrogen) atoms. The van der Waals surface area contributed by atoms with Gasteiger partial charge in [0.15, 0.2) is 0 Å². The standard InChI is InChI=1S/C27H27ClFN5O5S2/c28-24-6-7-25(40-24)41(37,38)32-27(36)31-20-3-5-23(22(29)17-20)34-11-8-18-16-19(2-4-21(18)26(34)35)30-9-1-10-33-12-14-39-15-13-33/h2-8,11,16-17,30H,1,9-10,12-15H2,(H2,31,32,36). The molecule has 0 unspecified atom stereocenters. The van der Waals surface area contributed by atoms with Crippen LogP contribution in [0, 0.1) is 5.82 Å². The first kappa shape index (κ1) is 29.0. The van der Waals surface area contributed by atoms with Crippen molar-refractivity contribution in [2.45, 2.75) is 10.6 Å². The monoisotopic (exact) mass is 619 g/mol. The third-order valence-electron chi connectivity index (χ3n) is 6.49. The number of fused-ring (bicyclic) bond motifs is 1. The number of carbonyl (C=O) groups is 1. The smallest absolute Gasteiger partial charge is 0.333 e. The van der Waals surface area contributed by atoms with Gasteiger partial charge in [0.05, 0.1) is 23.2 Å². The summed E-state index contributed by atoms with van der Waals surface area (Å²) in [6.07, 6.45) is 2.47. The first-order valence-electron chi connectivity index (χ1n) is 12.8. The molecule has 0 saturated carbocycles. The van der Waals surface area contributed by atoms with E-state index in [1.807, 2.05) is 16.9 Å². The zero-order valence-electron chi connectivity index (χ0n) is 21.7. The maximum atomic E-state index is 15.1. The van der Waals surface area contributed by atoms with Crippen molar-refractivity contribution in [3.05, 3.63) is 81.3 Å². The van der Waals surface area contributed by atoms with Crippen molar-refractivity contribution >= 4 is 61.1 Å². The minimum atomic E-state index is -4.14. The zero-order valence-corrected chi connectivity index (χ0v) is 24.1. The lowest BCUT2D eigenvalue weighted by molar-refractivity contribution is 0.0378. The molecular formula is C27H27ClFN5O5S2. The Hall–Kier alpha value is -3.49. The second-order valence-electron chi connectivity index (χ2n) is 9.31. The molecule has 0 aliphatic carbocycles. The Balaban J connectivity index is 1.24. The zero-order chi connectivity index (χ0) is 29.0. The van der Waals surface area contributed by atoms with Gasteiger partial charge in [0.2, 0.25) is 0 Å². The first-order valence-corrected chi connectivity index (χ1v) is 15.5. The summed E-state index contributed by atoms with van der Waals surface area (Å²) < 4.78 is 48.2. The van der Waals surface area contributed by atoms with Crippen LogP contribution < -0.4 is 20.9 Å². The molecule has 3 heterocycles. The van der Waals surface area contributed by atoms with E-state index >= 15 is 4.39 Å². The quantitative estimate of drug-likeness (QED) is 0.236. The number of rotatable bonds is 9. The average Bonchev–Trinajstić information content (AvgIpc) is 3.39. The molecule has 1 fully saturated rings. The highest BCUT2D eigenvalue weighted by Crippen LogP contribution is 2.25. The molecule has 5 rings (SSSR count). The van der Waals surface area contributed by atoms with Crippen LogP contribution in [0.4, 0.5) is 20.6 Å². The Morgan fingerprint density at radius 3 is 2.56 bits per heavy atom. The Labute approximate surface area is 244 Å². The van der Waals surface area contributed by atoms with Crippen LogP contribution >= 0.6 is 22.9 Å². The first-order chi connectivity index (χ1) is 19.7. The molecule has 2 aromatic carbocycles. The summed E-state index contributed by atoms with van der Waals surface area (Å²) in [6.45, 7) is 5.23. The number of nitrogens with zero attached hydrogens (tertiary/aromatic N) is 2. The fourth-order valence-electron chi connectivity index (χ4n) is 4.46. The molecular weight excluding hydrogens is 593 g/mol. The number of ether oxygens (including phenoxy) is 1. The number of urea groups is 1. The molecule has 4 aromatic rings. The van der Waals surface area contributed by atoms with Crippen molar-refractivity contribution in [2.75, 3.05) is 50.0 Å². The molecule has 1 saturated heterocycles. The highest BCUT2D eigenvalue weighted by molar-refractivity contribution is 7.92. The number of aromatic nitrogens is 1. The minimum Gasteiger partial charge on any atom is -0.385 e. The number of carbonyl (C=O) groups excluding carboxylic acids is 1. The summed E-state index contributed by atoms with van der Waals surface area (Å²) in [6, 6.07) is 12.4. The Morgan fingerprint density at radius 1 is 1.05 bits per heavy atom. The van der Waals surface area contributed by atoms with Crippen LogP contribution in [0.15, 0.2) is 69.8 Å². The maximum absolute atomic E-state index is 15.1. The summed E-state index contributed by atoms with van der Waals surface area (Å²) in [5.74, 6) is -0.782. The van der Waals surface area contributed by atoms with Gasteiger partial charge in [-0.25, -0.2) is 22.3 Å². The van der Waals surface area contributed by atoms with Crippen molar-refractivity contribution in [3.63, 3.8) is 0 Å². The second kappa shape index (κ2) is 12.6. The lowest BCUT2D eigenvalue weighted by Crippen LogP contribution is -2.37. The number of nitrogens with one attached hydrogen (secondary N) is 3. The Bertz CT molecular complexity index is 1740. The van der Waals surface area contributed by atoms with Gasteiger partial charge in [0.25, 0.3) is 15.6 Å². The van der Waals surface area contributed by atoms with Gasteiger partial charge in [-0.05, 0) is 72.9 Å². The fraction of sp³-hybridized carbons (Fsp3) is 0.259. The third-order valence-corrected chi connectivity index (χ3v) is 9.55. The molecule has 3 N–H and O–H groups in total. The number of benzene rings is 2. The number of hydrogen-bond acceptors (Lipinski definition) is 8. The number of amides is 2. The van der Waals surface area contributed by atoms with Crippen molar-refractivity contribution in [2.24, 2.45) is 0 Å². The molecule has 14 heteroatoms. The molecule has 0 atom stereocenters. The van der Waals surface area contributed by atoms with Gasteiger partial charge in [-0.3, -0.25) is 14.3 Å². The van der Waals surface area contributed by atoms with Gasteiger partial charge < -0.3 is 15.4 Å². The van der Waals surface area contributed by atoms with E-state index in [4.69, 9.17) is 16.3 Å². The van der Waals surface area contributed by atoms with Crippen LogP contribution in [0.1, 0.15) is 6.42 Å². The van der Waals surface area contributed by atoms with Crippen LogP contribution in [0.3, 0.4) is 0 Å². The van der Waals surface area contributed by atoms with Gasteiger partial charge in [0, 0.05) is 42.6 Å². The van der Waals surface area contributed by atoms with E-state index < -0.39 is 27.4 Å². The normalized spacial score (nSPS) is 14.2.